The Morgan fingerprint density at radius 2 is 1.81 bits per heavy atom. The molecule has 2 aliphatic rings. The molecule has 16 heavy (non-hydrogen) atoms. The number of amides is 1. The summed E-state index contributed by atoms with van der Waals surface area (Å²) in [7, 11) is 0. The van der Waals surface area contributed by atoms with Crippen LogP contribution in [-0.2, 0) is 4.74 Å². The molecule has 1 amide bonds. The molecular weight excluding hydrogens is 202 g/mol. The van der Waals surface area contributed by atoms with Crippen LogP contribution in [0.5, 0.6) is 0 Å². The maximum Gasteiger partial charge on any atom is 0.411 e. The van der Waals surface area contributed by atoms with E-state index in [1.807, 2.05) is 19.1 Å². The van der Waals surface area contributed by atoms with Gasteiger partial charge < -0.3 is 4.74 Å². The Kier molecular flexibility index (Phi) is 1.99. The first kappa shape index (κ1) is 9.46. The van der Waals surface area contributed by atoms with Crippen LogP contribution < -0.4 is 0 Å². The van der Waals surface area contributed by atoms with Crippen molar-refractivity contribution in [3.63, 3.8) is 0 Å². The topological polar surface area (TPSA) is 29.5 Å². The number of ether oxygens (including phenoxy) is 1. The summed E-state index contributed by atoms with van der Waals surface area (Å²) in [6.07, 6.45) is 3.92. The van der Waals surface area contributed by atoms with Crippen LogP contribution in [-0.4, -0.2) is 17.6 Å². The summed E-state index contributed by atoms with van der Waals surface area (Å²) in [4.78, 5) is 13.6. The Morgan fingerprint density at radius 3 is 2.31 bits per heavy atom. The van der Waals surface area contributed by atoms with Crippen molar-refractivity contribution in [2.75, 3.05) is 6.61 Å². The molecule has 0 spiro atoms. The van der Waals surface area contributed by atoms with Gasteiger partial charge in [0.1, 0.15) is 0 Å². The standard InChI is InChI=1S/C13H13NO2/c1-2-16-13(15)14-11-7-8-12(14)10-6-4-3-5-9(10)11/h3-8,11-12H,2H2,1H3/t11-,12+. The highest BCUT2D eigenvalue weighted by Crippen LogP contribution is 2.48. The lowest BCUT2D eigenvalue weighted by Gasteiger charge is -2.21. The maximum atomic E-state index is 11.8. The quantitative estimate of drug-likeness (QED) is 0.674. The fourth-order valence-corrected chi connectivity index (χ4v) is 2.55. The van der Waals surface area contributed by atoms with E-state index in [9.17, 15) is 4.79 Å². The van der Waals surface area contributed by atoms with E-state index in [2.05, 4.69) is 24.3 Å². The van der Waals surface area contributed by atoms with Gasteiger partial charge in [-0.15, -0.1) is 0 Å². The molecule has 1 aromatic carbocycles. The smallest absolute Gasteiger partial charge is 0.411 e. The van der Waals surface area contributed by atoms with Crippen LogP contribution in [0.1, 0.15) is 30.1 Å². The minimum atomic E-state index is -0.223. The van der Waals surface area contributed by atoms with Gasteiger partial charge in [0, 0.05) is 0 Å². The van der Waals surface area contributed by atoms with Crippen molar-refractivity contribution in [1.29, 1.82) is 0 Å². The SMILES string of the molecule is CCOC(=O)N1[C@@H]2C=C[C@H]1c1ccccc12. The van der Waals surface area contributed by atoms with Crippen LogP contribution in [0.4, 0.5) is 4.79 Å². The second-order valence-corrected chi connectivity index (χ2v) is 4.01. The third-order valence-corrected chi connectivity index (χ3v) is 3.19. The number of nitrogens with zero attached hydrogens (tertiary/aromatic N) is 1. The molecule has 1 aromatic rings. The van der Waals surface area contributed by atoms with Gasteiger partial charge in [0.25, 0.3) is 0 Å². The molecule has 0 N–H and O–H groups in total. The lowest BCUT2D eigenvalue weighted by Crippen LogP contribution is -2.29. The molecule has 0 fully saturated rings. The highest BCUT2D eigenvalue weighted by atomic mass is 16.6. The van der Waals surface area contributed by atoms with Crippen LogP contribution in [0.15, 0.2) is 36.4 Å². The summed E-state index contributed by atoms with van der Waals surface area (Å²) >= 11 is 0. The number of carbonyl (C=O) groups is 1. The fourth-order valence-electron chi connectivity index (χ4n) is 2.55. The number of hydrogen-bond donors (Lipinski definition) is 0. The van der Waals surface area contributed by atoms with E-state index >= 15 is 0 Å². The van der Waals surface area contributed by atoms with Gasteiger partial charge in [-0.1, -0.05) is 36.4 Å². The monoisotopic (exact) mass is 215 g/mol. The fraction of sp³-hybridized carbons (Fsp3) is 0.308. The number of fused-ring (bicyclic) bond motifs is 5. The first-order chi connectivity index (χ1) is 7.83. The molecule has 82 valence electrons. The molecule has 0 saturated heterocycles. The predicted molar refractivity (Wildman–Crippen MR) is 59.9 cm³/mol. The summed E-state index contributed by atoms with van der Waals surface area (Å²) in [6.45, 7) is 2.25. The second-order valence-electron chi connectivity index (χ2n) is 4.01. The van der Waals surface area contributed by atoms with Gasteiger partial charge in [-0.3, -0.25) is 4.90 Å². The van der Waals surface area contributed by atoms with E-state index in [0.717, 1.165) is 0 Å². The van der Waals surface area contributed by atoms with Gasteiger partial charge >= 0.3 is 6.09 Å². The summed E-state index contributed by atoms with van der Waals surface area (Å²) < 4.78 is 5.08. The number of carbonyl (C=O) groups excluding carboxylic acids is 1. The zero-order valence-corrected chi connectivity index (χ0v) is 9.09. The lowest BCUT2D eigenvalue weighted by atomic mass is 9.97. The van der Waals surface area contributed by atoms with Crippen molar-refractivity contribution < 1.29 is 9.53 Å². The molecule has 0 aliphatic carbocycles. The largest absolute Gasteiger partial charge is 0.450 e. The summed E-state index contributed by atoms with van der Waals surface area (Å²) in [6, 6.07) is 8.32. The number of hydrogen-bond acceptors (Lipinski definition) is 2. The van der Waals surface area contributed by atoms with Gasteiger partial charge in [-0.2, -0.15) is 0 Å². The van der Waals surface area contributed by atoms with Gasteiger partial charge in [-0.25, -0.2) is 4.79 Å². The van der Waals surface area contributed by atoms with Gasteiger partial charge in [0.05, 0.1) is 18.7 Å². The minimum absolute atomic E-state index is 0.0697. The molecule has 3 heteroatoms. The lowest BCUT2D eigenvalue weighted by molar-refractivity contribution is 0.0980. The third-order valence-electron chi connectivity index (χ3n) is 3.19. The number of rotatable bonds is 1. The van der Waals surface area contributed by atoms with Gasteiger partial charge in [0.2, 0.25) is 0 Å². The van der Waals surface area contributed by atoms with E-state index in [1.54, 1.807) is 4.90 Å². The van der Waals surface area contributed by atoms with E-state index in [0.29, 0.717) is 6.61 Å². The average molecular weight is 215 g/mol. The van der Waals surface area contributed by atoms with Crippen molar-refractivity contribution in [1.82, 2.24) is 4.90 Å². The Hall–Kier alpha value is -1.77. The molecule has 0 aromatic heterocycles. The van der Waals surface area contributed by atoms with Crippen molar-refractivity contribution >= 4 is 6.09 Å². The van der Waals surface area contributed by atoms with Crippen LogP contribution >= 0.6 is 0 Å². The Balaban J connectivity index is 1.97. The molecule has 3 rings (SSSR count). The third kappa shape index (κ3) is 1.11. The van der Waals surface area contributed by atoms with Crippen molar-refractivity contribution in [3.05, 3.63) is 47.5 Å². The van der Waals surface area contributed by atoms with Crippen LogP contribution in [0, 0.1) is 0 Å². The van der Waals surface area contributed by atoms with Crippen LogP contribution in [0.3, 0.4) is 0 Å². The predicted octanol–water partition coefficient (Wildman–Crippen LogP) is 2.81. The molecule has 2 heterocycles. The van der Waals surface area contributed by atoms with E-state index in [1.165, 1.54) is 11.1 Å². The first-order valence-electron chi connectivity index (χ1n) is 5.55. The minimum Gasteiger partial charge on any atom is -0.450 e. The van der Waals surface area contributed by atoms with Crippen molar-refractivity contribution in [3.8, 4) is 0 Å². The molecular formula is C13H13NO2. The second kappa shape index (κ2) is 3.37. The van der Waals surface area contributed by atoms with E-state index in [4.69, 9.17) is 4.74 Å². The first-order valence-corrected chi connectivity index (χ1v) is 5.55. The zero-order valence-electron chi connectivity index (χ0n) is 9.09. The Bertz CT molecular complexity index is 434. The molecule has 0 unspecified atom stereocenters. The molecule has 0 radical (unpaired) electrons. The van der Waals surface area contributed by atoms with Crippen molar-refractivity contribution in [2.24, 2.45) is 0 Å². The number of benzene rings is 1. The summed E-state index contributed by atoms with van der Waals surface area (Å²) in [5.74, 6) is 0. The molecule has 0 saturated carbocycles. The molecule has 3 nitrogen and oxygen atoms in total. The Morgan fingerprint density at radius 1 is 1.25 bits per heavy atom. The summed E-state index contributed by atoms with van der Waals surface area (Å²) in [5.41, 5.74) is 2.45. The van der Waals surface area contributed by atoms with E-state index in [-0.39, 0.29) is 18.2 Å². The molecule has 2 aliphatic heterocycles. The summed E-state index contributed by atoms with van der Waals surface area (Å²) in [5, 5.41) is 0. The average Bonchev–Trinajstić information content (AvgIpc) is 2.86. The van der Waals surface area contributed by atoms with Crippen LogP contribution in [0.2, 0.25) is 0 Å². The molecule has 2 bridgehead atoms. The van der Waals surface area contributed by atoms with Gasteiger partial charge in [0.15, 0.2) is 0 Å². The van der Waals surface area contributed by atoms with Crippen LogP contribution in [0.25, 0.3) is 0 Å². The van der Waals surface area contributed by atoms with E-state index < -0.39 is 0 Å². The zero-order chi connectivity index (χ0) is 11.1. The normalized spacial score (nSPS) is 24.7. The Labute approximate surface area is 94.3 Å². The van der Waals surface area contributed by atoms with Gasteiger partial charge in [-0.05, 0) is 18.1 Å². The van der Waals surface area contributed by atoms with Crippen molar-refractivity contribution in [2.45, 2.75) is 19.0 Å². The highest BCUT2D eigenvalue weighted by Gasteiger charge is 2.43. The molecule has 2 atom stereocenters. The highest BCUT2D eigenvalue weighted by molar-refractivity contribution is 5.73. The maximum absolute atomic E-state index is 11.8.